The molecule has 0 radical (unpaired) electrons. The normalized spacial score (nSPS) is 11.8. The quantitative estimate of drug-likeness (QED) is 0.851. The van der Waals surface area contributed by atoms with E-state index in [1.54, 1.807) is 6.20 Å². The summed E-state index contributed by atoms with van der Waals surface area (Å²) in [4.78, 5) is 19.4. The average Bonchev–Trinajstić information content (AvgIpc) is 2.56. The standard InChI is InChI=1S/C18H23N3O2/c1-14(15-7-5-4-6-8-15)21(12-11-18(22)23)16-9-10-17(19-13-16)20(2)3/h4-10,13-14H,11-12H2,1-3H3,(H,22,23). The first-order chi connectivity index (χ1) is 11.0. The van der Waals surface area contributed by atoms with E-state index in [0.717, 1.165) is 17.1 Å². The fourth-order valence-corrected chi connectivity index (χ4v) is 2.49. The Kier molecular flexibility index (Phi) is 5.57. The third kappa shape index (κ3) is 4.45. The van der Waals surface area contributed by atoms with Crippen molar-refractivity contribution in [3.05, 3.63) is 54.2 Å². The van der Waals surface area contributed by atoms with Crippen LogP contribution in [0, 0.1) is 0 Å². The van der Waals surface area contributed by atoms with Crippen molar-refractivity contribution >= 4 is 17.5 Å². The summed E-state index contributed by atoms with van der Waals surface area (Å²) in [6.07, 6.45) is 1.89. The second kappa shape index (κ2) is 7.63. The van der Waals surface area contributed by atoms with E-state index >= 15 is 0 Å². The zero-order valence-electron chi connectivity index (χ0n) is 13.8. The van der Waals surface area contributed by atoms with Gasteiger partial charge < -0.3 is 14.9 Å². The molecule has 0 fully saturated rings. The Morgan fingerprint density at radius 3 is 2.39 bits per heavy atom. The van der Waals surface area contributed by atoms with Gasteiger partial charge in [0.2, 0.25) is 0 Å². The van der Waals surface area contributed by atoms with E-state index in [0.29, 0.717) is 6.54 Å². The number of carboxylic acid groups (broad SMARTS) is 1. The van der Waals surface area contributed by atoms with Gasteiger partial charge in [-0.2, -0.15) is 0 Å². The molecule has 0 amide bonds. The van der Waals surface area contributed by atoms with E-state index in [2.05, 4.69) is 28.9 Å². The third-order valence-electron chi connectivity index (χ3n) is 3.84. The van der Waals surface area contributed by atoms with E-state index in [9.17, 15) is 4.79 Å². The summed E-state index contributed by atoms with van der Waals surface area (Å²) in [6.45, 7) is 2.52. The van der Waals surface area contributed by atoms with Crippen molar-refractivity contribution in [3.8, 4) is 0 Å². The van der Waals surface area contributed by atoms with E-state index in [-0.39, 0.29) is 12.5 Å². The number of benzene rings is 1. The Hall–Kier alpha value is -2.56. The molecule has 1 unspecified atom stereocenters. The van der Waals surface area contributed by atoms with Crippen LogP contribution >= 0.6 is 0 Å². The van der Waals surface area contributed by atoms with Crippen LogP contribution in [0.5, 0.6) is 0 Å². The molecular formula is C18H23N3O2. The van der Waals surface area contributed by atoms with E-state index in [4.69, 9.17) is 5.11 Å². The van der Waals surface area contributed by atoms with Crippen LogP contribution in [-0.2, 0) is 4.79 Å². The molecule has 0 spiro atoms. The molecule has 1 N–H and O–H groups in total. The number of aliphatic carboxylic acids is 1. The number of rotatable bonds is 7. The predicted octanol–water partition coefficient (Wildman–Crippen LogP) is 3.19. The predicted molar refractivity (Wildman–Crippen MR) is 93.0 cm³/mol. The number of carbonyl (C=O) groups is 1. The molecular weight excluding hydrogens is 290 g/mol. The van der Waals surface area contributed by atoms with Gasteiger partial charge in [0.1, 0.15) is 5.82 Å². The van der Waals surface area contributed by atoms with Crippen molar-refractivity contribution < 1.29 is 9.90 Å². The Morgan fingerprint density at radius 1 is 1.17 bits per heavy atom. The van der Waals surface area contributed by atoms with Gasteiger partial charge in [0, 0.05) is 20.6 Å². The van der Waals surface area contributed by atoms with Crippen LogP contribution in [0.3, 0.4) is 0 Å². The minimum atomic E-state index is -0.798. The topological polar surface area (TPSA) is 56.7 Å². The highest BCUT2D eigenvalue weighted by Gasteiger charge is 2.18. The largest absolute Gasteiger partial charge is 0.481 e. The van der Waals surface area contributed by atoms with Crippen LogP contribution in [0.4, 0.5) is 11.5 Å². The van der Waals surface area contributed by atoms with Crippen molar-refractivity contribution in [1.29, 1.82) is 0 Å². The highest BCUT2D eigenvalue weighted by atomic mass is 16.4. The maximum atomic E-state index is 11.0. The summed E-state index contributed by atoms with van der Waals surface area (Å²) in [5.41, 5.74) is 2.07. The number of aromatic nitrogens is 1. The van der Waals surface area contributed by atoms with E-state index in [1.807, 2.05) is 49.3 Å². The zero-order chi connectivity index (χ0) is 16.8. The molecule has 5 heteroatoms. The Balaban J connectivity index is 2.27. The number of pyridine rings is 1. The summed E-state index contributed by atoms with van der Waals surface area (Å²) in [6, 6.07) is 14.1. The maximum absolute atomic E-state index is 11.0. The van der Waals surface area contributed by atoms with Crippen LogP contribution in [0.2, 0.25) is 0 Å². The molecule has 2 rings (SSSR count). The lowest BCUT2D eigenvalue weighted by molar-refractivity contribution is -0.136. The smallest absolute Gasteiger partial charge is 0.305 e. The van der Waals surface area contributed by atoms with Gasteiger partial charge >= 0.3 is 5.97 Å². The van der Waals surface area contributed by atoms with Crippen LogP contribution < -0.4 is 9.80 Å². The van der Waals surface area contributed by atoms with Crippen molar-refractivity contribution in [2.45, 2.75) is 19.4 Å². The van der Waals surface area contributed by atoms with Gasteiger partial charge in [-0.05, 0) is 24.6 Å². The van der Waals surface area contributed by atoms with Crippen molar-refractivity contribution in [2.24, 2.45) is 0 Å². The number of hydrogen-bond donors (Lipinski definition) is 1. The SMILES string of the molecule is CC(c1ccccc1)N(CCC(=O)O)c1ccc(N(C)C)nc1. The Morgan fingerprint density at radius 2 is 1.87 bits per heavy atom. The first-order valence-electron chi connectivity index (χ1n) is 7.66. The molecule has 0 aliphatic heterocycles. The molecule has 122 valence electrons. The molecule has 0 bridgehead atoms. The number of hydrogen-bond acceptors (Lipinski definition) is 4. The number of nitrogens with zero attached hydrogens (tertiary/aromatic N) is 3. The number of anilines is 2. The summed E-state index contributed by atoms with van der Waals surface area (Å²) >= 11 is 0. The maximum Gasteiger partial charge on any atom is 0.305 e. The van der Waals surface area contributed by atoms with Gasteiger partial charge in [0.05, 0.1) is 24.3 Å². The molecule has 1 heterocycles. The minimum absolute atomic E-state index is 0.0718. The molecule has 0 saturated carbocycles. The van der Waals surface area contributed by atoms with Crippen LogP contribution in [0.25, 0.3) is 0 Å². The van der Waals surface area contributed by atoms with Crippen molar-refractivity contribution in [1.82, 2.24) is 4.98 Å². The molecule has 0 aliphatic rings. The summed E-state index contributed by atoms with van der Waals surface area (Å²) in [7, 11) is 3.88. The van der Waals surface area contributed by atoms with Gasteiger partial charge in [-0.1, -0.05) is 30.3 Å². The first-order valence-corrected chi connectivity index (χ1v) is 7.66. The Labute approximate surface area is 137 Å². The summed E-state index contributed by atoms with van der Waals surface area (Å²) < 4.78 is 0. The lowest BCUT2D eigenvalue weighted by atomic mass is 10.1. The monoisotopic (exact) mass is 313 g/mol. The lowest BCUT2D eigenvalue weighted by Gasteiger charge is -2.31. The summed E-state index contributed by atoms with van der Waals surface area (Å²) in [5.74, 6) is 0.0763. The highest BCUT2D eigenvalue weighted by molar-refractivity contribution is 5.68. The molecule has 1 aromatic heterocycles. The van der Waals surface area contributed by atoms with Gasteiger partial charge in [-0.15, -0.1) is 0 Å². The molecule has 2 aromatic rings. The second-order valence-electron chi connectivity index (χ2n) is 5.69. The summed E-state index contributed by atoms with van der Waals surface area (Å²) in [5, 5.41) is 9.03. The van der Waals surface area contributed by atoms with Gasteiger partial charge in [0.25, 0.3) is 0 Å². The molecule has 0 saturated heterocycles. The lowest BCUT2D eigenvalue weighted by Crippen LogP contribution is -2.29. The highest BCUT2D eigenvalue weighted by Crippen LogP contribution is 2.27. The first kappa shape index (κ1) is 16.8. The fraction of sp³-hybridized carbons (Fsp3) is 0.333. The fourth-order valence-electron chi connectivity index (χ4n) is 2.49. The van der Waals surface area contributed by atoms with Crippen LogP contribution in [0.1, 0.15) is 24.9 Å². The average molecular weight is 313 g/mol. The molecule has 1 atom stereocenters. The van der Waals surface area contributed by atoms with Gasteiger partial charge in [-0.25, -0.2) is 4.98 Å². The third-order valence-corrected chi connectivity index (χ3v) is 3.84. The Bertz CT molecular complexity index is 626. The van der Waals surface area contributed by atoms with E-state index in [1.165, 1.54) is 0 Å². The van der Waals surface area contributed by atoms with Crippen molar-refractivity contribution in [2.75, 3.05) is 30.4 Å². The van der Waals surface area contributed by atoms with Crippen LogP contribution in [0.15, 0.2) is 48.7 Å². The minimum Gasteiger partial charge on any atom is -0.481 e. The molecule has 1 aromatic carbocycles. The second-order valence-corrected chi connectivity index (χ2v) is 5.69. The zero-order valence-corrected chi connectivity index (χ0v) is 13.8. The van der Waals surface area contributed by atoms with Crippen molar-refractivity contribution in [3.63, 3.8) is 0 Å². The van der Waals surface area contributed by atoms with Gasteiger partial charge in [0.15, 0.2) is 0 Å². The molecule has 23 heavy (non-hydrogen) atoms. The van der Waals surface area contributed by atoms with Crippen LogP contribution in [-0.4, -0.2) is 36.7 Å². The number of carboxylic acids is 1. The van der Waals surface area contributed by atoms with Gasteiger partial charge in [-0.3, -0.25) is 4.79 Å². The molecule has 0 aliphatic carbocycles. The molecule has 5 nitrogen and oxygen atoms in total. The van der Waals surface area contributed by atoms with E-state index < -0.39 is 5.97 Å².